The van der Waals surface area contributed by atoms with Crippen molar-refractivity contribution in [2.24, 2.45) is 4.99 Å². The smallest absolute Gasteiger partial charge is 0.163 e. The molecule has 0 fully saturated rings. The zero-order valence-corrected chi connectivity index (χ0v) is 7.79. The second kappa shape index (κ2) is 3.81. The van der Waals surface area contributed by atoms with Gasteiger partial charge < -0.3 is 10.4 Å². The number of amidine groups is 1. The molecule has 1 aliphatic rings. The highest BCUT2D eigenvalue weighted by Gasteiger charge is 2.14. The Kier molecular flexibility index (Phi) is 2.52. The maximum atomic E-state index is 9.13. The van der Waals surface area contributed by atoms with E-state index in [2.05, 4.69) is 10.3 Å². The summed E-state index contributed by atoms with van der Waals surface area (Å²) in [7, 11) is 0. The molecule has 0 bridgehead atoms. The lowest BCUT2D eigenvalue weighted by atomic mass is 10.3. The number of anilines is 1. The summed E-state index contributed by atoms with van der Waals surface area (Å²) in [4.78, 5) is 4.01. The Morgan fingerprint density at radius 2 is 2.15 bits per heavy atom. The lowest BCUT2D eigenvalue weighted by molar-refractivity contribution is 0.213. The van der Waals surface area contributed by atoms with Crippen LogP contribution in [0.15, 0.2) is 35.3 Å². The topological polar surface area (TPSA) is 44.6 Å². The quantitative estimate of drug-likeness (QED) is 0.712. The Morgan fingerprint density at radius 3 is 2.77 bits per heavy atom. The monoisotopic (exact) mass is 194 g/mol. The highest BCUT2D eigenvalue weighted by molar-refractivity contribution is 8.14. The summed E-state index contributed by atoms with van der Waals surface area (Å²) in [6, 6.07) is 9.81. The molecule has 1 aromatic rings. The summed E-state index contributed by atoms with van der Waals surface area (Å²) in [6.45, 7) is 0. The molecule has 0 aliphatic carbocycles. The molecule has 2 N–H and O–H groups in total. The van der Waals surface area contributed by atoms with Crippen LogP contribution in [-0.4, -0.2) is 22.3 Å². The molecule has 68 valence electrons. The minimum atomic E-state index is -0.545. The van der Waals surface area contributed by atoms with Gasteiger partial charge in [-0.15, -0.1) is 0 Å². The summed E-state index contributed by atoms with van der Waals surface area (Å²) in [6.07, 6.45) is -0.545. The van der Waals surface area contributed by atoms with Crippen molar-refractivity contribution in [3.8, 4) is 0 Å². The third kappa shape index (κ3) is 2.23. The van der Waals surface area contributed by atoms with E-state index in [4.69, 9.17) is 5.11 Å². The maximum Gasteiger partial charge on any atom is 0.163 e. The van der Waals surface area contributed by atoms with Crippen LogP contribution in [-0.2, 0) is 0 Å². The van der Waals surface area contributed by atoms with Gasteiger partial charge in [-0.05, 0) is 12.1 Å². The largest absolute Gasteiger partial charge is 0.371 e. The summed E-state index contributed by atoms with van der Waals surface area (Å²) in [5.74, 6) is 0.648. The van der Waals surface area contributed by atoms with Gasteiger partial charge in [-0.3, -0.25) is 0 Å². The number of nitrogens with one attached hydrogen (secondary N) is 1. The van der Waals surface area contributed by atoms with E-state index in [1.54, 1.807) is 0 Å². The van der Waals surface area contributed by atoms with Crippen molar-refractivity contribution in [1.29, 1.82) is 0 Å². The minimum Gasteiger partial charge on any atom is -0.371 e. The Labute approximate surface area is 80.9 Å². The van der Waals surface area contributed by atoms with Crippen LogP contribution in [0, 0.1) is 0 Å². The molecule has 13 heavy (non-hydrogen) atoms. The molecule has 0 amide bonds. The molecule has 0 radical (unpaired) electrons. The van der Waals surface area contributed by atoms with Crippen LogP contribution in [0.4, 0.5) is 5.69 Å². The maximum absolute atomic E-state index is 9.13. The van der Waals surface area contributed by atoms with Gasteiger partial charge in [0.25, 0.3) is 0 Å². The number of rotatable bonds is 1. The fourth-order valence-electron chi connectivity index (χ4n) is 1.08. The third-order valence-corrected chi connectivity index (χ3v) is 2.61. The van der Waals surface area contributed by atoms with Crippen molar-refractivity contribution in [3.05, 3.63) is 30.3 Å². The van der Waals surface area contributed by atoms with Crippen LogP contribution >= 0.6 is 11.8 Å². The summed E-state index contributed by atoms with van der Waals surface area (Å²) < 4.78 is 0. The number of para-hydroxylation sites is 1. The first-order chi connectivity index (χ1) is 6.34. The van der Waals surface area contributed by atoms with E-state index in [1.165, 1.54) is 11.8 Å². The number of thioether (sulfide) groups is 1. The molecule has 1 aliphatic heterocycles. The van der Waals surface area contributed by atoms with E-state index in [0.29, 0.717) is 5.75 Å². The first kappa shape index (κ1) is 8.59. The molecule has 1 atom stereocenters. The standard InChI is InChI=1S/C9H10N2OS/c12-8-6-13-9(11-8)10-7-4-2-1-3-5-7/h1-5,8,12H,6H2,(H,10,11). The molecule has 1 heterocycles. The van der Waals surface area contributed by atoms with Crippen molar-refractivity contribution in [3.63, 3.8) is 0 Å². The molecule has 0 saturated heterocycles. The van der Waals surface area contributed by atoms with Gasteiger partial charge in [0.05, 0.1) is 0 Å². The SMILES string of the molecule is OC1CSC(Nc2ccccc2)=N1. The first-order valence-corrected chi connectivity index (χ1v) is 5.04. The van der Waals surface area contributed by atoms with Gasteiger partial charge >= 0.3 is 0 Å². The molecule has 3 nitrogen and oxygen atoms in total. The van der Waals surface area contributed by atoms with Gasteiger partial charge in [-0.2, -0.15) is 0 Å². The second-order valence-electron chi connectivity index (χ2n) is 2.72. The van der Waals surface area contributed by atoms with Crippen molar-refractivity contribution in [2.75, 3.05) is 11.1 Å². The predicted molar refractivity (Wildman–Crippen MR) is 56.0 cm³/mol. The van der Waals surface area contributed by atoms with Crippen molar-refractivity contribution in [1.82, 2.24) is 0 Å². The van der Waals surface area contributed by atoms with Crippen LogP contribution < -0.4 is 5.32 Å². The Bertz CT molecular complexity index is 313. The Balaban J connectivity index is 2.03. The predicted octanol–water partition coefficient (Wildman–Crippen LogP) is 1.52. The number of aliphatic imine (C=N–C) groups is 1. The van der Waals surface area contributed by atoms with Gasteiger partial charge in [0.1, 0.15) is 0 Å². The average Bonchev–Trinajstić information content (AvgIpc) is 2.53. The molecule has 0 spiro atoms. The van der Waals surface area contributed by atoms with E-state index in [0.717, 1.165) is 10.9 Å². The van der Waals surface area contributed by atoms with Crippen molar-refractivity contribution >= 4 is 22.6 Å². The minimum absolute atomic E-state index is 0.545. The molecule has 1 aromatic carbocycles. The molecular weight excluding hydrogens is 184 g/mol. The van der Waals surface area contributed by atoms with E-state index >= 15 is 0 Å². The summed E-state index contributed by atoms with van der Waals surface area (Å²) >= 11 is 1.53. The molecule has 1 unspecified atom stereocenters. The highest BCUT2D eigenvalue weighted by Crippen LogP contribution is 2.18. The van der Waals surface area contributed by atoms with Gasteiger partial charge in [0.15, 0.2) is 11.4 Å². The Morgan fingerprint density at radius 1 is 1.38 bits per heavy atom. The second-order valence-corrected chi connectivity index (χ2v) is 3.73. The molecular formula is C9H10N2OS. The number of nitrogens with zero attached hydrogens (tertiary/aromatic N) is 1. The zero-order chi connectivity index (χ0) is 9.10. The summed E-state index contributed by atoms with van der Waals surface area (Å²) in [5.41, 5.74) is 1.00. The van der Waals surface area contributed by atoms with Crippen LogP contribution in [0.3, 0.4) is 0 Å². The number of hydrogen-bond donors (Lipinski definition) is 2. The third-order valence-electron chi connectivity index (χ3n) is 1.66. The van der Waals surface area contributed by atoms with Gasteiger partial charge in [-0.25, -0.2) is 4.99 Å². The van der Waals surface area contributed by atoms with Crippen LogP contribution in [0.5, 0.6) is 0 Å². The van der Waals surface area contributed by atoms with E-state index < -0.39 is 6.23 Å². The van der Waals surface area contributed by atoms with Crippen LogP contribution in [0.2, 0.25) is 0 Å². The van der Waals surface area contributed by atoms with Crippen LogP contribution in [0.1, 0.15) is 0 Å². The van der Waals surface area contributed by atoms with Gasteiger partial charge in [-0.1, -0.05) is 30.0 Å². The number of hydrogen-bond acceptors (Lipinski definition) is 4. The lowest BCUT2D eigenvalue weighted by Gasteiger charge is -2.02. The number of benzene rings is 1. The first-order valence-electron chi connectivity index (χ1n) is 4.05. The highest BCUT2D eigenvalue weighted by atomic mass is 32.2. The molecule has 2 rings (SSSR count). The lowest BCUT2D eigenvalue weighted by Crippen LogP contribution is -2.04. The molecule has 0 saturated carbocycles. The van der Waals surface area contributed by atoms with Crippen molar-refractivity contribution in [2.45, 2.75) is 6.23 Å². The average molecular weight is 194 g/mol. The molecule has 4 heteroatoms. The zero-order valence-electron chi connectivity index (χ0n) is 6.97. The van der Waals surface area contributed by atoms with E-state index in [9.17, 15) is 0 Å². The summed E-state index contributed by atoms with van der Waals surface area (Å²) in [5, 5.41) is 13.0. The fraction of sp³-hybridized carbons (Fsp3) is 0.222. The normalized spacial score (nSPS) is 21.3. The van der Waals surface area contributed by atoms with Gasteiger partial charge in [0.2, 0.25) is 0 Å². The Hall–Kier alpha value is -1.00. The van der Waals surface area contributed by atoms with Crippen molar-refractivity contribution < 1.29 is 5.11 Å². The van der Waals surface area contributed by atoms with Crippen LogP contribution in [0.25, 0.3) is 0 Å². The van der Waals surface area contributed by atoms with E-state index in [1.807, 2.05) is 30.3 Å². The fourth-order valence-corrected chi connectivity index (χ4v) is 1.84. The number of aliphatic hydroxyl groups excluding tert-OH is 1. The van der Waals surface area contributed by atoms with E-state index in [-0.39, 0.29) is 0 Å². The molecule has 0 aromatic heterocycles. The van der Waals surface area contributed by atoms with Gasteiger partial charge in [0, 0.05) is 11.4 Å². The number of aliphatic hydroxyl groups is 1.